The van der Waals surface area contributed by atoms with E-state index in [0.29, 0.717) is 0 Å². The van der Waals surface area contributed by atoms with Gasteiger partial charge in [-0.2, -0.15) is 0 Å². The molecule has 3 heteroatoms. The first-order valence-electron chi connectivity index (χ1n) is 5.04. The number of terminal acetylenes is 1. The molecule has 0 N–H and O–H groups in total. The van der Waals surface area contributed by atoms with E-state index in [1.54, 1.807) is 0 Å². The van der Waals surface area contributed by atoms with Gasteiger partial charge in [0, 0.05) is 0 Å². The highest BCUT2D eigenvalue weighted by molar-refractivity contribution is 6.97. The van der Waals surface area contributed by atoms with E-state index in [4.69, 9.17) is 6.42 Å². The van der Waals surface area contributed by atoms with Crippen molar-refractivity contribution in [1.29, 1.82) is 0 Å². The number of hydrogen-bond acceptors (Lipinski definition) is 0. The Balaban J connectivity index is 4.83. The Labute approximate surface area is 98.5 Å². The average molecular weight is 248 g/mol. The van der Waals surface area contributed by atoms with Gasteiger partial charge in [-0.3, -0.25) is 0 Å². The zero-order valence-corrected chi connectivity index (χ0v) is 13.6. The molecule has 79 valence electrons. The van der Waals surface area contributed by atoms with E-state index in [-0.39, 0.29) is 0 Å². The van der Waals surface area contributed by atoms with Crippen LogP contribution in [0.25, 0.3) is 0 Å². The third kappa shape index (κ3) is 7.28. The van der Waals surface area contributed by atoms with Gasteiger partial charge in [0.05, 0.1) is 0 Å². The highest BCUT2D eigenvalue weighted by atomic mass is 28.3. The molecule has 0 aromatic heterocycles. The largest absolute Gasteiger partial charge is 0.209 e. The highest BCUT2D eigenvalue weighted by Crippen LogP contribution is 2.01. The molecule has 0 spiro atoms. The molecule has 0 rings (SSSR count). The Morgan fingerprint density at radius 3 is 1.73 bits per heavy atom. The van der Waals surface area contributed by atoms with Gasteiger partial charge in [-0.05, 0) is 26.2 Å². The lowest BCUT2D eigenvalue weighted by atomic mass is 11.3. The van der Waals surface area contributed by atoms with Crippen LogP contribution < -0.4 is 0 Å². The summed E-state index contributed by atoms with van der Waals surface area (Å²) in [6.45, 7) is 13.0. The quantitative estimate of drug-likeness (QED) is 0.456. The maximum absolute atomic E-state index is 5.45. The lowest BCUT2D eigenvalue weighted by molar-refractivity contribution is 1.91. The maximum atomic E-state index is 5.45. The smallest absolute Gasteiger partial charge is 0.139 e. The summed E-state index contributed by atoms with van der Waals surface area (Å²) >= 11 is 0. The monoisotopic (exact) mass is 247 g/mol. The lowest BCUT2D eigenvalue weighted by Crippen LogP contribution is -2.26. The molecule has 0 heterocycles. The Hall–Kier alpha value is -0.669. The SMILES string of the molecule is C#C[Si](C)(C)C#C[Si](C)(C)C#C[Si](C)C. The van der Waals surface area contributed by atoms with E-state index >= 15 is 0 Å². The molecule has 0 saturated heterocycles. The minimum Gasteiger partial charge on any atom is -0.139 e. The third-order valence-corrected chi connectivity index (χ3v) is 5.77. The van der Waals surface area contributed by atoms with Gasteiger partial charge in [0.25, 0.3) is 0 Å². The Morgan fingerprint density at radius 1 is 0.867 bits per heavy atom. The van der Waals surface area contributed by atoms with Gasteiger partial charge >= 0.3 is 0 Å². The molecule has 0 amide bonds. The summed E-state index contributed by atoms with van der Waals surface area (Å²) in [5.41, 5.74) is 16.2. The molecular formula is C12H19Si3. The van der Waals surface area contributed by atoms with Crippen molar-refractivity contribution in [2.75, 3.05) is 0 Å². The summed E-state index contributed by atoms with van der Waals surface area (Å²) in [6.07, 6.45) is 5.45. The van der Waals surface area contributed by atoms with Crippen molar-refractivity contribution >= 4 is 24.9 Å². The molecule has 0 bridgehead atoms. The van der Waals surface area contributed by atoms with Crippen molar-refractivity contribution in [3.05, 3.63) is 0 Å². The zero-order valence-electron chi connectivity index (χ0n) is 10.6. The molecule has 0 aliphatic heterocycles. The van der Waals surface area contributed by atoms with Crippen LogP contribution in [0.1, 0.15) is 0 Å². The van der Waals surface area contributed by atoms with E-state index in [0.717, 1.165) is 0 Å². The molecule has 0 aromatic carbocycles. The van der Waals surface area contributed by atoms with Crippen LogP contribution >= 0.6 is 0 Å². The van der Waals surface area contributed by atoms with Crippen molar-refractivity contribution in [1.82, 2.24) is 0 Å². The van der Waals surface area contributed by atoms with Gasteiger partial charge in [0.2, 0.25) is 16.1 Å². The van der Waals surface area contributed by atoms with Crippen LogP contribution in [-0.4, -0.2) is 24.9 Å². The van der Waals surface area contributed by atoms with Gasteiger partial charge in [0.15, 0.2) is 0 Å². The molecule has 0 unspecified atom stereocenters. The van der Waals surface area contributed by atoms with Crippen LogP contribution in [0.15, 0.2) is 0 Å². The van der Waals surface area contributed by atoms with Gasteiger partial charge in [-0.15, -0.1) is 34.1 Å². The first-order valence-corrected chi connectivity index (χ1v) is 13.5. The van der Waals surface area contributed by atoms with Gasteiger partial charge in [-0.25, -0.2) is 0 Å². The molecule has 0 atom stereocenters. The molecule has 15 heavy (non-hydrogen) atoms. The van der Waals surface area contributed by atoms with E-state index in [1.165, 1.54) is 0 Å². The summed E-state index contributed by atoms with van der Waals surface area (Å²) in [5.74, 6) is 0. The summed E-state index contributed by atoms with van der Waals surface area (Å²) in [7, 11) is -3.80. The van der Waals surface area contributed by atoms with Crippen molar-refractivity contribution < 1.29 is 0 Å². The minimum absolute atomic E-state index is 0.449. The molecule has 0 saturated carbocycles. The molecule has 0 aliphatic carbocycles. The van der Waals surface area contributed by atoms with Crippen LogP contribution in [0.5, 0.6) is 0 Å². The van der Waals surface area contributed by atoms with Crippen molar-refractivity contribution in [2.24, 2.45) is 0 Å². The normalized spacial score (nSPS) is 10.8. The molecule has 1 radical (unpaired) electrons. The fourth-order valence-electron chi connectivity index (χ4n) is 0.661. The molecular weight excluding hydrogens is 228 g/mol. The topological polar surface area (TPSA) is 0 Å². The first-order chi connectivity index (χ1) is 6.68. The van der Waals surface area contributed by atoms with Gasteiger partial charge < -0.3 is 0 Å². The van der Waals surface area contributed by atoms with E-state index in [1.807, 2.05) is 0 Å². The van der Waals surface area contributed by atoms with Gasteiger partial charge in [-0.1, -0.05) is 13.1 Å². The van der Waals surface area contributed by atoms with Crippen LogP contribution in [-0.2, 0) is 0 Å². The second kappa shape index (κ2) is 5.42. The molecule has 0 aromatic rings. The van der Waals surface area contributed by atoms with Gasteiger partial charge in [0.1, 0.15) is 8.80 Å². The lowest BCUT2D eigenvalue weighted by Gasteiger charge is -2.08. The standard InChI is InChI=1S/C12H19Si3/c1-8-14(4,5)11-12-15(6,7)10-9-13(2)3/h1H,2-7H3. The maximum Gasteiger partial charge on any atom is 0.209 e. The second-order valence-electron chi connectivity index (χ2n) is 4.89. The first kappa shape index (κ1) is 14.3. The Morgan fingerprint density at radius 2 is 1.33 bits per heavy atom. The Bertz CT molecular complexity index is 375. The molecule has 0 aliphatic rings. The summed E-state index contributed by atoms with van der Waals surface area (Å²) in [6, 6.07) is 0. The van der Waals surface area contributed by atoms with Crippen LogP contribution in [0.4, 0.5) is 0 Å². The van der Waals surface area contributed by atoms with Crippen molar-refractivity contribution in [2.45, 2.75) is 39.3 Å². The summed E-state index contributed by atoms with van der Waals surface area (Å²) in [5, 5.41) is 0. The van der Waals surface area contributed by atoms with Crippen LogP contribution in [0.3, 0.4) is 0 Å². The number of rotatable bonds is 0. The van der Waals surface area contributed by atoms with Crippen LogP contribution in [0, 0.1) is 34.1 Å². The van der Waals surface area contributed by atoms with E-state index < -0.39 is 24.9 Å². The predicted molar refractivity (Wildman–Crippen MR) is 76.8 cm³/mol. The van der Waals surface area contributed by atoms with E-state index in [2.05, 4.69) is 67.0 Å². The highest BCUT2D eigenvalue weighted by Gasteiger charge is 2.18. The Kier molecular flexibility index (Phi) is 5.18. The molecule has 0 nitrogen and oxygen atoms in total. The summed E-state index contributed by atoms with van der Waals surface area (Å²) in [4.78, 5) is 0. The van der Waals surface area contributed by atoms with Crippen molar-refractivity contribution in [3.63, 3.8) is 0 Å². The minimum atomic E-state index is -1.70. The third-order valence-electron chi connectivity index (χ3n) is 1.67. The molecule has 0 fully saturated rings. The fourth-order valence-corrected chi connectivity index (χ4v) is 5.55. The zero-order chi connectivity index (χ0) is 12.1. The second-order valence-corrected chi connectivity index (χ2v) is 14.7. The average Bonchev–Trinajstić information content (AvgIpc) is 2.13. The van der Waals surface area contributed by atoms with E-state index in [9.17, 15) is 0 Å². The number of hydrogen-bond donors (Lipinski definition) is 0. The summed E-state index contributed by atoms with van der Waals surface area (Å²) < 4.78 is 0. The van der Waals surface area contributed by atoms with Crippen molar-refractivity contribution in [3.8, 4) is 34.1 Å². The fraction of sp³-hybridized carbons (Fsp3) is 0.500. The van der Waals surface area contributed by atoms with Crippen LogP contribution in [0.2, 0.25) is 39.3 Å². The predicted octanol–water partition coefficient (Wildman–Crippen LogP) is 2.49.